The van der Waals surface area contributed by atoms with Crippen molar-refractivity contribution in [2.45, 2.75) is 25.7 Å². The average molecular weight is 325 g/mol. The summed E-state index contributed by atoms with van der Waals surface area (Å²) < 4.78 is 5.24. The molecule has 1 aliphatic carbocycles. The van der Waals surface area contributed by atoms with Crippen LogP contribution in [0.15, 0.2) is 40.2 Å². The van der Waals surface area contributed by atoms with Gasteiger partial charge in [-0.2, -0.15) is 0 Å². The van der Waals surface area contributed by atoms with Gasteiger partial charge in [-0.3, -0.25) is 4.79 Å². The molecule has 1 saturated carbocycles. The molecule has 3 aromatic rings. The van der Waals surface area contributed by atoms with Crippen LogP contribution in [-0.2, 0) is 0 Å². The number of anilines is 1. The number of amides is 1. The predicted octanol–water partition coefficient (Wildman–Crippen LogP) is 4.24. The summed E-state index contributed by atoms with van der Waals surface area (Å²) in [5, 5.41) is 9.77. The van der Waals surface area contributed by atoms with Crippen LogP contribution in [0.4, 0.5) is 5.69 Å². The Bertz CT molecular complexity index is 864. The molecule has 0 saturated heterocycles. The zero-order chi connectivity index (χ0) is 15.8. The minimum atomic E-state index is -0.264. The molecule has 5 nitrogen and oxygen atoms in total. The van der Waals surface area contributed by atoms with Crippen LogP contribution < -0.4 is 5.32 Å². The highest BCUT2D eigenvalue weighted by Gasteiger charge is 2.29. The molecule has 1 aliphatic rings. The summed E-state index contributed by atoms with van der Waals surface area (Å²) in [6, 6.07) is 9.37. The lowest BCUT2D eigenvalue weighted by molar-refractivity contribution is 0.101. The number of hydrogen-bond donors (Lipinski definition) is 1. The lowest BCUT2D eigenvalue weighted by Crippen LogP contribution is -2.12. The molecular weight excluding hydrogens is 310 g/mol. The number of benzene rings is 1. The fraction of sp³-hybridized carbons (Fsp3) is 0.235. The Hall–Kier alpha value is -2.47. The van der Waals surface area contributed by atoms with Gasteiger partial charge < -0.3 is 9.84 Å². The Morgan fingerprint density at radius 1 is 1.35 bits per heavy atom. The van der Waals surface area contributed by atoms with E-state index in [-0.39, 0.29) is 5.91 Å². The maximum Gasteiger partial charge on any atom is 0.277 e. The normalized spacial score (nSPS) is 14.0. The standard InChI is InChI=1S/C17H15N3O2S/c1-10-18-15(9-23-10)12-4-2-3-5-13(12)19-17(21)14-8-16(22-20-14)11-6-7-11/h2-5,8-9,11H,6-7H2,1H3,(H,19,21). The molecule has 23 heavy (non-hydrogen) atoms. The van der Waals surface area contributed by atoms with E-state index in [1.165, 1.54) is 0 Å². The lowest BCUT2D eigenvalue weighted by atomic mass is 10.1. The van der Waals surface area contributed by atoms with E-state index in [4.69, 9.17) is 4.52 Å². The number of rotatable bonds is 4. The highest BCUT2D eigenvalue weighted by atomic mass is 32.1. The van der Waals surface area contributed by atoms with Gasteiger partial charge in [0.1, 0.15) is 5.76 Å². The molecule has 0 spiro atoms. The number of hydrogen-bond acceptors (Lipinski definition) is 5. The van der Waals surface area contributed by atoms with Crippen LogP contribution in [0.25, 0.3) is 11.3 Å². The summed E-state index contributed by atoms with van der Waals surface area (Å²) in [7, 11) is 0. The molecule has 0 atom stereocenters. The van der Waals surface area contributed by atoms with Crippen molar-refractivity contribution in [1.29, 1.82) is 0 Å². The van der Waals surface area contributed by atoms with Gasteiger partial charge in [-0.1, -0.05) is 23.4 Å². The van der Waals surface area contributed by atoms with Crippen molar-refractivity contribution in [2.75, 3.05) is 5.32 Å². The number of carbonyl (C=O) groups excluding carboxylic acids is 1. The Kier molecular flexibility index (Phi) is 3.46. The second kappa shape index (κ2) is 5.62. The van der Waals surface area contributed by atoms with E-state index < -0.39 is 0 Å². The third kappa shape index (κ3) is 2.90. The van der Waals surface area contributed by atoms with Gasteiger partial charge in [0, 0.05) is 22.9 Å². The topological polar surface area (TPSA) is 68.0 Å². The number of carbonyl (C=O) groups is 1. The first-order valence-electron chi connectivity index (χ1n) is 7.50. The maximum atomic E-state index is 12.4. The molecule has 0 unspecified atom stereocenters. The Morgan fingerprint density at radius 2 is 2.17 bits per heavy atom. The van der Waals surface area contributed by atoms with E-state index in [1.54, 1.807) is 17.4 Å². The summed E-state index contributed by atoms with van der Waals surface area (Å²) in [6.07, 6.45) is 2.23. The summed E-state index contributed by atoms with van der Waals surface area (Å²) in [6.45, 7) is 1.96. The van der Waals surface area contributed by atoms with Gasteiger partial charge in [0.25, 0.3) is 5.91 Å². The fourth-order valence-corrected chi connectivity index (χ4v) is 3.06. The molecule has 116 valence electrons. The zero-order valence-electron chi connectivity index (χ0n) is 12.6. The molecule has 6 heteroatoms. The minimum absolute atomic E-state index is 0.264. The Labute approximate surface area is 137 Å². The van der Waals surface area contributed by atoms with Crippen LogP contribution in [0.3, 0.4) is 0 Å². The van der Waals surface area contributed by atoms with Crippen molar-refractivity contribution >= 4 is 22.9 Å². The van der Waals surface area contributed by atoms with Crippen LogP contribution in [-0.4, -0.2) is 16.0 Å². The summed E-state index contributed by atoms with van der Waals surface area (Å²) >= 11 is 1.59. The van der Waals surface area contributed by atoms with E-state index in [0.29, 0.717) is 11.6 Å². The van der Waals surface area contributed by atoms with Gasteiger partial charge in [-0.25, -0.2) is 4.98 Å². The van der Waals surface area contributed by atoms with E-state index in [9.17, 15) is 4.79 Å². The number of para-hydroxylation sites is 1. The van der Waals surface area contributed by atoms with E-state index in [1.807, 2.05) is 36.6 Å². The average Bonchev–Trinajstić information content (AvgIpc) is 3.12. The van der Waals surface area contributed by atoms with Crippen molar-refractivity contribution in [1.82, 2.24) is 10.1 Å². The highest BCUT2D eigenvalue weighted by Crippen LogP contribution is 2.40. The molecule has 2 heterocycles. The second-order valence-corrected chi connectivity index (χ2v) is 6.70. The van der Waals surface area contributed by atoms with Gasteiger partial charge >= 0.3 is 0 Å². The van der Waals surface area contributed by atoms with Crippen LogP contribution in [0.5, 0.6) is 0 Å². The molecule has 1 N–H and O–H groups in total. The van der Waals surface area contributed by atoms with Crippen molar-refractivity contribution in [3.05, 3.63) is 52.2 Å². The summed E-state index contributed by atoms with van der Waals surface area (Å²) in [5.74, 6) is 0.980. The number of aryl methyl sites for hydroxylation is 1. The Morgan fingerprint density at radius 3 is 2.91 bits per heavy atom. The molecule has 1 aromatic carbocycles. The molecule has 2 aromatic heterocycles. The first-order chi connectivity index (χ1) is 11.2. The number of nitrogens with one attached hydrogen (secondary N) is 1. The fourth-order valence-electron chi connectivity index (χ4n) is 2.45. The molecule has 0 bridgehead atoms. The van der Waals surface area contributed by atoms with Crippen LogP contribution in [0.1, 0.15) is 40.0 Å². The number of nitrogens with zero attached hydrogens (tertiary/aromatic N) is 2. The first-order valence-corrected chi connectivity index (χ1v) is 8.38. The van der Waals surface area contributed by atoms with Crippen LogP contribution >= 0.6 is 11.3 Å². The number of aromatic nitrogens is 2. The highest BCUT2D eigenvalue weighted by molar-refractivity contribution is 7.09. The monoisotopic (exact) mass is 325 g/mol. The number of thiazole rings is 1. The van der Waals surface area contributed by atoms with Gasteiger partial charge in [-0.05, 0) is 25.8 Å². The lowest BCUT2D eigenvalue weighted by Gasteiger charge is -2.08. The van der Waals surface area contributed by atoms with Crippen molar-refractivity contribution in [3.63, 3.8) is 0 Å². The maximum absolute atomic E-state index is 12.4. The zero-order valence-corrected chi connectivity index (χ0v) is 13.4. The predicted molar refractivity (Wildman–Crippen MR) is 88.7 cm³/mol. The molecule has 1 fully saturated rings. The summed E-state index contributed by atoms with van der Waals surface area (Å²) in [5.41, 5.74) is 2.80. The van der Waals surface area contributed by atoms with E-state index in [0.717, 1.165) is 40.6 Å². The molecule has 4 rings (SSSR count). The molecular formula is C17H15N3O2S. The van der Waals surface area contributed by atoms with Crippen LogP contribution in [0.2, 0.25) is 0 Å². The van der Waals surface area contributed by atoms with Crippen molar-refractivity contribution in [3.8, 4) is 11.3 Å². The SMILES string of the molecule is Cc1nc(-c2ccccc2NC(=O)c2cc(C3CC3)on2)cs1. The summed E-state index contributed by atoms with van der Waals surface area (Å²) in [4.78, 5) is 16.9. The molecule has 0 radical (unpaired) electrons. The van der Waals surface area contributed by atoms with Crippen molar-refractivity contribution < 1.29 is 9.32 Å². The first kappa shape index (κ1) is 14.1. The van der Waals surface area contributed by atoms with E-state index >= 15 is 0 Å². The van der Waals surface area contributed by atoms with Gasteiger partial charge in [0.2, 0.25) is 0 Å². The third-order valence-corrected chi connectivity index (χ3v) is 4.58. The molecule has 0 aliphatic heterocycles. The quantitative estimate of drug-likeness (QED) is 0.779. The smallest absolute Gasteiger partial charge is 0.277 e. The van der Waals surface area contributed by atoms with Crippen LogP contribution in [0, 0.1) is 6.92 Å². The van der Waals surface area contributed by atoms with Gasteiger partial charge in [0.05, 0.1) is 16.4 Å². The minimum Gasteiger partial charge on any atom is -0.360 e. The Balaban J connectivity index is 1.59. The van der Waals surface area contributed by atoms with E-state index in [2.05, 4.69) is 15.5 Å². The third-order valence-electron chi connectivity index (χ3n) is 3.81. The van der Waals surface area contributed by atoms with Crippen molar-refractivity contribution in [2.24, 2.45) is 0 Å². The second-order valence-electron chi connectivity index (χ2n) is 5.64. The largest absolute Gasteiger partial charge is 0.360 e. The molecule has 1 amide bonds. The van der Waals surface area contributed by atoms with Gasteiger partial charge in [0.15, 0.2) is 5.69 Å². The van der Waals surface area contributed by atoms with Gasteiger partial charge in [-0.15, -0.1) is 11.3 Å².